The molecule has 3 rings (SSSR count). The van der Waals surface area contributed by atoms with E-state index in [9.17, 15) is 9.59 Å². The fourth-order valence-corrected chi connectivity index (χ4v) is 2.94. The first-order valence-electron chi connectivity index (χ1n) is 6.41. The van der Waals surface area contributed by atoms with Gasteiger partial charge < -0.3 is 14.1 Å². The smallest absolute Gasteiger partial charge is 0.341 e. The predicted molar refractivity (Wildman–Crippen MR) is 84.0 cm³/mol. The average Bonchev–Trinajstić information content (AvgIpc) is 3.12. The Morgan fingerprint density at radius 3 is 3.05 bits per heavy atom. The molecule has 6 nitrogen and oxygen atoms in total. The number of fused-ring (bicyclic) bond motifs is 1. The molecule has 0 radical (unpaired) electrons. The number of furan rings is 1. The van der Waals surface area contributed by atoms with E-state index in [-0.39, 0.29) is 5.56 Å². The number of nitrogens with one attached hydrogen (secondary N) is 1. The lowest BCUT2D eigenvalue weighted by atomic mass is 10.2. The zero-order chi connectivity index (χ0) is 15.7. The first-order valence-corrected chi connectivity index (χ1v) is 7.29. The average molecular weight is 316 g/mol. The van der Waals surface area contributed by atoms with Crippen molar-refractivity contribution in [1.82, 2.24) is 9.97 Å². The maximum Gasteiger partial charge on any atom is 0.341 e. The van der Waals surface area contributed by atoms with Crippen LogP contribution in [0.5, 0.6) is 0 Å². The van der Waals surface area contributed by atoms with Gasteiger partial charge in [0.2, 0.25) is 0 Å². The summed E-state index contributed by atoms with van der Waals surface area (Å²) in [5.74, 6) is 0.422. The van der Waals surface area contributed by atoms with Crippen molar-refractivity contribution in [2.75, 3.05) is 7.11 Å². The van der Waals surface area contributed by atoms with Gasteiger partial charge in [0.1, 0.15) is 22.7 Å². The minimum atomic E-state index is -0.467. The van der Waals surface area contributed by atoms with Crippen molar-refractivity contribution in [3.05, 3.63) is 50.8 Å². The Bertz CT molecular complexity index is 933. The number of methoxy groups -OCH3 is 1. The second kappa shape index (κ2) is 5.61. The first-order chi connectivity index (χ1) is 10.6. The summed E-state index contributed by atoms with van der Waals surface area (Å²) in [5, 5.41) is 2.52. The van der Waals surface area contributed by atoms with Crippen LogP contribution >= 0.6 is 11.3 Å². The van der Waals surface area contributed by atoms with Crippen LogP contribution in [0.15, 0.2) is 26.9 Å². The van der Waals surface area contributed by atoms with E-state index in [2.05, 4.69) is 14.7 Å². The number of thiophene rings is 1. The summed E-state index contributed by atoms with van der Waals surface area (Å²) in [4.78, 5) is 31.1. The van der Waals surface area contributed by atoms with Crippen LogP contribution in [0.3, 0.4) is 0 Å². The van der Waals surface area contributed by atoms with Gasteiger partial charge in [-0.15, -0.1) is 11.3 Å². The zero-order valence-corrected chi connectivity index (χ0v) is 12.7. The molecule has 0 aliphatic rings. The van der Waals surface area contributed by atoms with Crippen molar-refractivity contribution in [3.8, 4) is 0 Å². The molecule has 0 amide bonds. The zero-order valence-electron chi connectivity index (χ0n) is 11.9. The van der Waals surface area contributed by atoms with Gasteiger partial charge in [-0.05, 0) is 36.1 Å². The topological polar surface area (TPSA) is 85.2 Å². The number of carbonyl (C=O) groups is 1. The van der Waals surface area contributed by atoms with Gasteiger partial charge in [0, 0.05) is 0 Å². The third-order valence-electron chi connectivity index (χ3n) is 3.09. The van der Waals surface area contributed by atoms with E-state index in [1.165, 1.54) is 24.7 Å². The lowest BCUT2D eigenvalue weighted by Crippen LogP contribution is -2.08. The van der Waals surface area contributed by atoms with Gasteiger partial charge in [0.05, 0.1) is 18.1 Å². The van der Waals surface area contributed by atoms with Crippen LogP contribution in [0.4, 0.5) is 0 Å². The molecule has 0 saturated heterocycles. The van der Waals surface area contributed by atoms with Gasteiger partial charge in [-0.3, -0.25) is 4.79 Å². The summed E-state index contributed by atoms with van der Waals surface area (Å²) in [6.07, 6.45) is 4.56. The van der Waals surface area contributed by atoms with E-state index < -0.39 is 5.97 Å². The van der Waals surface area contributed by atoms with Gasteiger partial charge in [-0.2, -0.15) is 0 Å². The molecule has 0 aliphatic heterocycles. The van der Waals surface area contributed by atoms with Crippen molar-refractivity contribution in [2.24, 2.45) is 0 Å². The van der Waals surface area contributed by atoms with Gasteiger partial charge in [-0.25, -0.2) is 9.78 Å². The number of hydrogen-bond acceptors (Lipinski definition) is 6. The molecule has 0 aromatic carbocycles. The van der Waals surface area contributed by atoms with Gasteiger partial charge >= 0.3 is 5.97 Å². The minimum absolute atomic E-state index is 0.168. The maximum absolute atomic E-state index is 12.0. The van der Waals surface area contributed by atoms with Crippen LogP contribution in [0.1, 0.15) is 27.5 Å². The highest BCUT2D eigenvalue weighted by Crippen LogP contribution is 2.20. The molecule has 0 bridgehead atoms. The molecule has 0 saturated carbocycles. The predicted octanol–water partition coefficient (Wildman–Crippen LogP) is 2.84. The Labute approximate surface area is 129 Å². The van der Waals surface area contributed by atoms with Crippen molar-refractivity contribution < 1.29 is 13.9 Å². The van der Waals surface area contributed by atoms with E-state index in [1.54, 1.807) is 18.2 Å². The van der Waals surface area contributed by atoms with Crippen molar-refractivity contribution in [2.45, 2.75) is 6.92 Å². The highest BCUT2D eigenvalue weighted by molar-refractivity contribution is 7.16. The molecular formula is C15H12N2O4S. The number of esters is 1. The number of H-pyrrole nitrogens is 1. The molecule has 22 heavy (non-hydrogen) atoms. The molecule has 0 atom stereocenters. The van der Waals surface area contributed by atoms with Crippen LogP contribution in [0.2, 0.25) is 0 Å². The van der Waals surface area contributed by atoms with E-state index in [0.717, 1.165) is 5.56 Å². The Hall–Kier alpha value is -2.67. The monoisotopic (exact) mass is 316 g/mol. The Morgan fingerprint density at radius 2 is 2.27 bits per heavy atom. The normalized spacial score (nSPS) is 11.4. The second-order valence-corrected chi connectivity index (χ2v) is 5.47. The third-order valence-corrected chi connectivity index (χ3v) is 4.08. The summed E-state index contributed by atoms with van der Waals surface area (Å²) < 4.78 is 9.82. The number of ether oxygens (including phenoxy) is 1. The molecule has 3 aromatic heterocycles. The third kappa shape index (κ3) is 2.58. The number of carbonyl (C=O) groups excluding carboxylic acids is 1. The van der Waals surface area contributed by atoms with Crippen LogP contribution in [-0.2, 0) is 4.74 Å². The number of rotatable bonds is 3. The van der Waals surface area contributed by atoms with Gasteiger partial charge in [0.25, 0.3) is 5.56 Å². The molecule has 0 aliphatic carbocycles. The van der Waals surface area contributed by atoms with Gasteiger partial charge in [-0.1, -0.05) is 0 Å². The molecule has 1 N–H and O–H groups in total. The Balaban J connectivity index is 1.91. The quantitative estimate of drug-likeness (QED) is 0.751. The molecule has 3 aromatic rings. The van der Waals surface area contributed by atoms with E-state index in [4.69, 9.17) is 4.42 Å². The first kappa shape index (κ1) is 14.3. The molecule has 0 spiro atoms. The summed E-state index contributed by atoms with van der Waals surface area (Å²) in [5.41, 5.74) is 1.07. The molecule has 7 heteroatoms. The van der Waals surface area contributed by atoms with Crippen LogP contribution in [0.25, 0.3) is 22.4 Å². The summed E-state index contributed by atoms with van der Waals surface area (Å²) >= 11 is 1.43. The number of hydrogen-bond donors (Lipinski definition) is 1. The lowest BCUT2D eigenvalue weighted by molar-refractivity contribution is 0.0600. The highest BCUT2D eigenvalue weighted by Gasteiger charge is 2.09. The van der Waals surface area contributed by atoms with Gasteiger partial charge in [0.15, 0.2) is 0 Å². The molecule has 3 heterocycles. The van der Waals surface area contributed by atoms with Crippen molar-refractivity contribution in [1.29, 1.82) is 0 Å². The maximum atomic E-state index is 12.0. The summed E-state index contributed by atoms with van der Waals surface area (Å²) in [7, 11) is 1.30. The summed E-state index contributed by atoms with van der Waals surface area (Å²) in [6.45, 7) is 1.88. The molecule has 0 fully saturated rings. The molecule has 112 valence electrons. The highest BCUT2D eigenvalue weighted by atomic mass is 32.1. The van der Waals surface area contributed by atoms with Crippen molar-refractivity contribution >= 4 is 39.7 Å². The molecular weight excluding hydrogens is 304 g/mol. The van der Waals surface area contributed by atoms with Crippen molar-refractivity contribution in [3.63, 3.8) is 0 Å². The van der Waals surface area contributed by atoms with Crippen LogP contribution < -0.4 is 5.56 Å². The standard InChI is InChI=1S/C15H12N2O4S/c1-8-7-22-14-12(8)13(18)16-11(17-14)4-3-10-5-9(6-21-10)15(19)20-2/h3-7H,1-2H3,(H,16,17,18)/b4-3+. The summed E-state index contributed by atoms with van der Waals surface area (Å²) in [6, 6.07) is 1.55. The van der Waals surface area contributed by atoms with E-state index in [1.807, 2.05) is 12.3 Å². The Kier molecular flexibility index (Phi) is 3.64. The minimum Gasteiger partial charge on any atom is -0.465 e. The molecule has 0 unspecified atom stereocenters. The fourth-order valence-electron chi connectivity index (χ4n) is 2.01. The lowest BCUT2D eigenvalue weighted by Gasteiger charge is -1.94. The number of nitrogens with zero attached hydrogens (tertiary/aromatic N) is 1. The SMILES string of the molecule is COC(=O)c1coc(/C=C/c2nc3scc(C)c3c(=O)[nH]2)c1. The largest absolute Gasteiger partial charge is 0.465 e. The van der Waals surface area contributed by atoms with E-state index >= 15 is 0 Å². The number of aromatic nitrogens is 2. The van der Waals surface area contributed by atoms with Crippen LogP contribution in [-0.4, -0.2) is 23.0 Å². The van der Waals surface area contributed by atoms with Crippen LogP contribution in [0, 0.1) is 6.92 Å². The fraction of sp³-hybridized carbons (Fsp3) is 0.133. The van der Waals surface area contributed by atoms with E-state index in [0.29, 0.717) is 27.4 Å². The number of aryl methyl sites for hydroxylation is 1. The Morgan fingerprint density at radius 1 is 1.45 bits per heavy atom. The second-order valence-electron chi connectivity index (χ2n) is 4.61. The number of aromatic amines is 1.